The first-order valence-electron chi connectivity index (χ1n) is 5.96. The van der Waals surface area contributed by atoms with Gasteiger partial charge in [0.1, 0.15) is 0 Å². The molecule has 0 bridgehead atoms. The van der Waals surface area contributed by atoms with Crippen LogP contribution in [0.1, 0.15) is 5.56 Å². The number of hydrogen-bond acceptors (Lipinski definition) is 2. The molecule has 0 fully saturated rings. The number of benzene rings is 2. The fourth-order valence-electron chi connectivity index (χ4n) is 1.70. The van der Waals surface area contributed by atoms with Crippen LogP contribution in [0, 0.1) is 17.5 Å². The molecule has 3 nitrogen and oxygen atoms in total. The maximum atomic E-state index is 13.5. The predicted molar refractivity (Wildman–Crippen MR) is 73.6 cm³/mol. The van der Waals surface area contributed by atoms with Gasteiger partial charge in [-0.1, -0.05) is 11.6 Å². The smallest absolute Gasteiger partial charge is 0.277 e. The predicted octanol–water partition coefficient (Wildman–Crippen LogP) is 4.58. The first kappa shape index (κ1) is 18.4. The summed E-state index contributed by atoms with van der Waals surface area (Å²) in [5.41, 5.74) is -2.38. The summed E-state index contributed by atoms with van der Waals surface area (Å²) < 4.78 is 103. The van der Waals surface area contributed by atoms with Gasteiger partial charge in [0.2, 0.25) is 0 Å². The summed E-state index contributed by atoms with van der Waals surface area (Å²) in [5.74, 6) is -5.31. The van der Waals surface area contributed by atoms with E-state index in [4.69, 9.17) is 11.6 Å². The largest absolute Gasteiger partial charge is 0.417 e. The third kappa shape index (κ3) is 3.59. The quantitative estimate of drug-likeness (QED) is 0.617. The third-order valence-electron chi connectivity index (χ3n) is 2.83. The van der Waals surface area contributed by atoms with E-state index in [-0.39, 0.29) is 6.07 Å². The highest BCUT2D eigenvalue weighted by molar-refractivity contribution is 7.92. The molecule has 0 heterocycles. The van der Waals surface area contributed by atoms with Gasteiger partial charge >= 0.3 is 6.18 Å². The van der Waals surface area contributed by atoms with Crippen molar-refractivity contribution >= 4 is 27.3 Å². The number of halogens is 7. The number of rotatable bonds is 3. The Kier molecular flexibility index (Phi) is 4.73. The molecule has 0 aromatic heterocycles. The van der Waals surface area contributed by atoms with Crippen molar-refractivity contribution in [3.05, 3.63) is 58.4 Å². The maximum Gasteiger partial charge on any atom is 0.417 e. The van der Waals surface area contributed by atoms with Crippen molar-refractivity contribution in [2.24, 2.45) is 0 Å². The van der Waals surface area contributed by atoms with Crippen LogP contribution in [0.25, 0.3) is 0 Å². The van der Waals surface area contributed by atoms with Gasteiger partial charge in [0.15, 0.2) is 17.5 Å². The van der Waals surface area contributed by atoms with Crippen molar-refractivity contribution in [3.63, 3.8) is 0 Å². The standard InChI is InChI=1S/C13H6ClF6NO2S/c14-8-2-1-6(5-7(8)13(18,19)20)24(22,23)21-10-4-3-9(15)11(16)12(10)17/h1-5,21H. The number of hydrogen-bond donors (Lipinski definition) is 1. The normalized spacial score (nSPS) is 12.3. The lowest BCUT2D eigenvalue weighted by atomic mass is 10.2. The Labute approximate surface area is 136 Å². The van der Waals surface area contributed by atoms with Gasteiger partial charge < -0.3 is 0 Å². The Morgan fingerprint density at radius 2 is 1.58 bits per heavy atom. The molecular formula is C13H6ClF6NO2S. The average Bonchev–Trinajstić information content (AvgIpc) is 2.47. The molecule has 24 heavy (non-hydrogen) atoms. The summed E-state index contributed by atoms with van der Waals surface area (Å²) in [5, 5.41) is -0.736. The Bertz CT molecular complexity index is 898. The second-order valence-electron chi connectivity index (χ2n) is 4.47. The molecule has 11 heteroatoms. The molecule has 0 aliphatic heterocycles. The molecule has 0 amide bonds. The highest BCUT2D eigenvalue weighted by Gasteiger charge is 2.34. The van der Waals surface area contributed by atoms with Crippen LogP contribution in [0.2, 0.25) is 5.02 Å². The maximum absolute atomic E-state index is 13.5. The number of nitrogens with one attached hydrogen (secondary N) is 1. The topological polar surface area (TPSA) is 46.2 Å². The molecule has 0 saturated heterocycles. The van der Waals surface area contributed by atoms with Gasteiger partial charge in [-0.05, 0) is 30.3 Å². The van der Waals surface area contributed by atoms with E-state index in [1.54, 1.807) is 4.72 Å². The summed E-state index contributed by atoms with van der Waals surface area (Å²) in [6.45, 7) is 0. The van der Waals surface area contributed by atoms with E-state index in [9.17, 15) is 34.8 Å². The summed E-state index contributed by atoms with van der Waals surface area (Å²) in [6.07, 6.45) is -4.92. The van der Waals surface area contributed by atoms with Gasteiger partial charge in [-0.3, -0.25) is 4.72 Å². The molecule has 0 atom stereocenters. The van der Waals surface area contributed by atoms with Gasteiger partial charge in [0.05, 0.1) is 21.2 Å². The molecule has 0 aliphatic carbocycles. The average molecular weight is 390 g/mol. The molecule has 0 aliphatic rings. The minimum atomic E-state index is -4.92. The highest BCUT2D eigenvalue weighted by atomic mass is 35.5. The molecule has 0 unspecified atom stereocenters. The zero-order valence-corrected chi connectivity index (χ0v) is 12.8. The van der Waals surface area contributed by atoms with E-state index in [0.717, 1.165) is 6.07 Å². The zero-order valence-electron chi connectivity index (χ0n) is 11.3. The van der Waals surface area contributed by atoms with Crippen molar-refractivity contribution in [2.45, 2.75) is 11.1 Å². The summed E-state index contributed by atoms with van der Waals surface area (Å²) in [6, 6.07) is 2.73. The van der Waals surface area contributed by atoms with Gasteiger partial charge in [0, 0.05) is 0 Å². The summed E-state index contributed by atoms with van der Waals surface area (Å²) in [7, 11) is -4.70. The van der Waals surface area contributed by atoms with Crippen LogP contribution in [0.5, 0.6) is 0 Å². The van der Waals surface area contributed by atoms with Crippen LogP contribution in [-0.4, -0.2) is 8.42 Å². The lowest BCUT2D eigenvalue weighted by Crippen LogP contribution is -2.16. The fraction of sp³-hybridized carbons (Fsp3) is 0.0769. The lowest BCUT2D eigenvalue weighted by molar-refractivity contribution is -0.137. The van der Waals surface area contributed by atoms with Gasteiger partial charge in [-0.25, -0.2) is 21.6 Å². The van der Waals surface area contributed by atoms with Crippen molar-refractivity contribution < 1.29 is 34.8 Å². The second kappa shape index (κ2) is 6.17. The number of alkyl halides is 3. The van der Waals surface area contributed by atoms with Crippen molar-refractivity contribution in [3.8, 4) is 0 Å². The Morgan fingerprint density at radius 1 is 0.958 bits per heavy atom. The van der Waals surface area contributed by atoms with E-state index in [1.807, 2.05) is 0 Å². The van der Waals surface area contributed by atoms with Crippen LogP contribution in [0.15, 0.2) is 35.2 Å². The molecular weight excluding hydrogens is 384 g/mol. The van der Waals surface area contributed by atoms with Gasteiger partial charge in [-0.2, -0.15) is 13.2 Å². The van der Waals surface area contributed by atoms with Crippen LogP contribution in [0.3, 0.4) is 0 Å². The Hall–Kier alpha value is -1.94. The molecule has 0 radical (unpaired) electrons. The molecule has 2 aromatic carbocycles. The third-order valence-corrected chi connectivity index (χ3v) is 4.53. The number of anilines is 1. The van der Waals surface area contributed by atoms with E-state index < -0.39 is 54.8 Å². The Morgan fingerprint density at radius 3 is 2.17 bits per heavy atom. The monoisotopic (exact) mass is 389 g/mol. The van der Waals surface area contributed by atoms with Crippen molar-refractivity contribution in [2.75, 3.05) is 4.72 Å². The van der Waals surface area contributed by atoms with Crippen molar-refractivity contribution in [1.29, 1.82) is 0 Å². The molecule has 130 valence electrons. The van der Waals surface area contributed by atoms with Crippen LogP contribution >= 0.6 is 11.6 Å². The minimum Gasteiger partial charge on any atom is -0.277 e. The molecule has 0 spiro atoms. The van der Waals surface area contributed by atoms with Crippen LogP contribution < -0.4 is 4.72 Å². The summed E-state index contributed by atoms with van der Waals surface area (Å²) >= 11 is 5.37. The van der Waals surface area contributed by atoms with Crippen LogP contribution in [0.4, 0.5) is 32.0 Å². The SMILES string of the molecule is O=S(=O)(Nc1ccc(F)c(F)c1F)c1ccc(Cl)c(C(F)(F)F)c1. The van der Waals surface area contributed by atoms with Crippen LogP contribution in [-0.2, 0) is 16.2 Å². The van der Waals surface area contributed by atoms with E-state index in [0.29, 0.717) is 18.2 Å². The minimum absolute atomic E-state index is 0.239. The molecule has 2 aromatic rings. The van der Waals surface area contributed by atoms with E-state index in [1.165, 1.54) is 0 Å². The second-order valence-corrected chi connectivity index (χ2v) is 6.56. The molecule has 0 saturated carbocycles. The lowest BCUT2D eigenvalue weighted by Gasteiger charge is -2.13. The first-order chi connectivity index (χ1) is 10.9. The molecule has 1 N–H and O–H groups in total. The Balaban J connectivity index is 2.47. The van der Waals surface area contributed by atoms with Gasteiger partial charge in [-0.15, -0.1) is 0 Å². The van der Waals surface area contributed by atoms with Gasteiger partial charge in [0.25, 0.3) is 10.0 Å². The van der Waals surface area contributed by atoms with Crippen molar-refractivity contribution in [1.82, 2.24) is 0 Å². The number of sulfonamides is 1. The molecule has 2 rings (SSSR count). The zero-order chi connectivity index (χ0) is 18.3. The summed E-state index contributed by atoms with van der Waals surface area (Å²) in [4.78, 5) is -0.886. The van der Waals surface area contributed by atoms with E-state index in [2.05, 4.69) is 0 Å². The van der Waals surface area contributed by atoms with E-state index >= 15 is 0 Å². The highest BCUT2D eigenvalue weighted by Crippen LogP contribution is 2.36. The fourth-order valence-corrected chi connectivity index (χ4v) is 3.01. The first-order valence-corrected chi connectivity index (χ1v) is 7.82.